The van der Waals surface area contributed by atoms with Crippen molar-refractivity contribution >= 4 is 35.0 Å². The largest absolute Gasteiger partial charge is 0.374 e. The van der Waals surface area contributed by atoms with Crippen LogP contribution in [0.4, 0.5) is 0 Å². The number of thioether (sulfide) groups is 1. The number of hydrogen-bond donors (Lipinski definition) is 1. The summed E-state index contributed by atoms with van der Waals surface area (Å²) in [7, 11) is 2.03. The van der Waals surface area contributed by atoms with E-state index in [4.69, 9.17) is 27.9 Å². The Morgan fingerprint density at radius 1 is 1.38 bits per heavy atom. The Morgan fingerprint density at radius 2 is 2.24 bits per heavy atom. The molecule has 0 aromatic heterocycles. The Balaban J connectivity index is 1.80. The number of rotatable bonds is 3. The van der Waals surface area contributed by atoms with Gasteiger partial charge in [-0.3, -0.25) is 0 Å². The zero-order valence-electron chi connectivity index (χ0n) is 12.2. The molecule has 0 saturated carbocycles. The van der Waals surface area contributed by atoms with Crippen LogP contribution in [0.1, 0.15) is 30.9 Å². The van der Waals surface area contributed by atoms with Crippen molar-refractivity contribution < 1.29 is 4.74 Å². The molecule has 0 amide bonds. The maximum Gasteiger partial charge on any atom is 0.0783 e. The van der Waals surface area contributed by atoms with Crippen molar-refractivity contribution in [3.63, 3.8) is 0 Å². The highest BCUT2D eigenvalue weighted by Gasteiger charge is 2.42. The molecule has 2 aliphatic heterocycles. The molecule has 0 radical (unpaired) electrons. The smallest absolute Gasteiger partial charge is 0.0783 e. The van der Waals surface area contributed by atoms with Gasteiger partial charge >= 0.3 is 0 Å². The van der Waals surface area contributed by atoms with Gasteiger partial charge in [-0.05, 0) is 55.7 Å². The van der Waals surface area contributed by atoms with E-state index in [1.807, 2.05) is 30.9 Å². The monoisotopic (exact) mass is 345 g/mol. The maximum absolute atomic E-state index is 6.19. The van der Waals surface area contributed by atoms with Gasteiger partial charge in [-0.2, -0.15) is 11.8 Å². The summed E-state index contributed by atoms with van der Waals surface area (Å²) < 4.78 is 6.13. The molecule has 3 unspecified atom stereocenters. The summed E-state index contributed by atoms with van der Waals surface area (Å²) in [6, 6.07) is 6.29. The van der Waals surface area contributed by atoms with E-state index in [0.717, 1.165) is 25.2 Å². The van der Waals surface area contributed by atoms with Crippen LogP contribution in [0.2, 0.25) is 10.0 Å². The summed E-state index contributed by atoms with van der Waals surface area (Å²) in [6.45, 7) is 0.866. The van der Waals surface area contributed by atoms with Crippen LogP contribution in [0.15, 0.2) is 18.2 Å². The lowest BCUT2D eigenvalue weighted by atomic mass is 9.79. The molecule has 3 rings (SSSR count). The first-order valence-corrected chi connectivity index (χ1v) is 9.38. The molecule has 21 heavy (non-hydrogen) atoms. The van der Waals surface area contributed by atoms with Crippen molar-refractivity contribution in [1.82, 2.24) is 5.32 Å². The number of hydrogen-bond acceptors (Lipinski definition) is 3. The van der Waals surface area contributed by atoms with Gasteiger partial charge in [-0.1, -0.05) is 29.3 Å². The van der Waals surface area contributed by atoms with Gasteiger partial charge in [0.15, 0.2) is 0 Å². The summed E-state index contributed by atoms with van der Waals surface area (Å²) in [4.78, 5) is 0. The zero-order valence-corrected chi connectivity index (χ0v) is 14.5. The molecule has 2 saturated heterocycles. The second kappa shape index (κ2) is 6.67. The third-order valence-electron chi connectivity index (χ3n) is 4.68. The maximum atomic E-state index is 6.19. The molecule has 2 heterocycles. The first-order valence-electron chi connectivity index (χ1n) is 7.47. The first kappa shape index (κ1) is 15.9. The van der Waals surface area contributed by atoms with Crippen molar-refractivity contribution in [3.8, 4) is 0 Å². The van der Waals surface area contributed by atoms with Crippen LogP contribution >= 0.6 is 35.0 Å². The van der Waals surface area contributed by atoms with Gasteiger partial charge in [0.2, 0.25) is 0 Å². The Hall–Kier alpha value is 0.0700. The Morgan fingerprint density at radius 3 is 2.90 bits per heavy atom. The second-order valence-electron chi connectivity index (χ2n) is 6.03. The number of halogens is 2. The van der Waals surface area contributed by atoms with Crippen LogP contribution in [-0.2, 0) is 4.74 Å². The molecule has 2 aliphatic rings. The minimum absolute atomic E-state index is 0.110. The Bertz CT molecular complexity index is 505. The van der Waals surface area contributed by atoms with Gasteiger partial charge in [0, 0.05) is 18.4 Å². The zero-order chi connectivity index (χ0) is 14.9. The van der Waals surface area contributed by atoms with Crippen molar-refractivity contribution in [2.45, 2.75) is 30.9 Å². The molecule has 3 atom stereocenters. The van der Waals surface area contributed by atoms with Gasteiger partial charge in [0.05, 0.1) is 15.6 Å². The molecule has 0 bridgehead atoms. The third kappa shape index (κ3) is 3.37. The predicted molar refractivity (Wildman–Crippen MR) is 91.6 cm³/mol. The van der Waals surface area contributed by atoms with Gasteiger partial charge in [0.25, 0.3) is 0 Å². The Labute approximate surface area is 140 Å². The fourth-order valence-corrected chi connectivity index (χ4v) is 5.28. The molecule has 5 heteroatoms. The first-order chi connectivity index (χ1) is 10.1. The van der Waals surface area contributed by atoms with Crippen LogP contribution in [0.3, 0.4) is 0 Å². The molecule has 1 aromatic carbocycles. The van der Waals surface area contributed by atoms with Crippen molar-refractivity contribution in [2.24, 2.45) is 5.92 Å². The van der Waals surface area contributed by atoms with E-state index < -0.39 is 0 Å². The highest BCUT2D eigenvalue weighted by Crippen LogP contribution is 2.44. The normalized spacial score (nSPS) is 30.7. The minimum Gasteiger partial charge on any atom is -0.374 e. The molecule has 2 fully saturated rings. The van der Waals surface area contributed by atoms with Gasteiger partial charge in [-0.25, -0.2) is 0 Å². The predicted octanol–water partition coefficient (Wildman–Crippen LogP) is 4.56. The summed E-state index contributed by atoms with van der Waals surface area (Å²) in [5.41, 5.74) is 1.33. The van der Waals surface area contributed by atoms with E-state index in [1.165, 1.54) is 17.7 Å². The molecule has 116 valence electrons. The van der Waals surface area contributed by atoms with Gasteiger partial charge in [0.1, 0.15) is 0 Å². The molecule has 0 aliphatic carbocycles. The number of ether oxygens (including phenoxy) is 1. The lowest BCUT2D eigenvalue weighted by Crippen LogP contribution is -2.43. The Kier molecular flexibility index (Phi) is 5.07. The highest BCUT2D eigenvalue weighted by molar-refractivity contribution is 7.99. The average molecular weight is 346 g/mol. The quantitative estimate of drug-likeness (QED) is 0.867. The van der Waals surface area contributed by atoms with E-state index in [0.29, 0.717) is 22.0 Å². The number of nitrogens with one attached hydrogen (secondary N) is 1. The summed E-state index contributed by atoms with van der Waals surface area (Å²) in [5, 5.41) is 4.73. The summed E-state index contributed by atoms with van der Waals surface area (Å²) in [5.74, 6) is 2.95. The molecule has 1 spiro atoms. The standard InChI is InChI=1S/C16H21Cl2NOS/c1-19-15(11-2-3-13(17)14(18)8-11)12-4-6-20-16(9-12)5-7-21-10-16/h2-3,8,12,15,19H,4-7,9-10H2,1H3. The second-order valence-corrected chi connectivity index (χ2v) is 7.95. The van der Waals surface area contributed by atoms with Gasteiger partial charge < -0.3 is 10.1 Å². The van der Waals surface area contributed by atoms with E-state index in [1.54, 1.807) is 0 Å². The van der Waals surface area contributed by atoms with Crippen LogP contribution < -0.4 is 5.32 Å². The lowest BCUT2D eigenvalue weighted by molar-refractivity contribution is -0.0850. The van der Waals surface area contributed by atoms with Crippen LogP contribution in [0.5, 0.6) is 0 Å². The minimum atomic E-state index is 0.110. The topological polar surface area (TPSA) is 21.3 Å². The summed E-state index contributed by atoms with van der Waals surface area (Å²) >= 11 is 14.2. The SMILES string of the molecule is CNC(c1ccc(Cl)c(Cl)c1)C1CCOC2(CCSC2)C1. The van der Waals surface area contributed by atoms with E-state index in [9.17, 15) is 0 Å². The van der Waals surface area contributed by atoms with E-state index in [2.05, 4.69) is 11.4 Å². The lowest BCUT2D eigenvalue weighted by Gasteiger charge is -2.41. The van der Waals surface area contributed by atoms with E-state index in [-0.39, 0.29) is 5.60 Å². The highest BCUT2D eigenvalue weighted by atomic mass is 35.5. The van der Waals surface area contributed by atoms with E-state index >= 15 is 0 Å². The van der Waals surface area contributed by atoms with Crippen LogP contribution in [-0.4, -0.2) is 30.8 Å². The fourth-order valence-electron chi connectivity index (χ4n) is 3.59. The van der Waals surface area contributed by atoms with Crippen LogP contribution in [0.25, 0.3) is 0 Å². The molecule has 1 N–H and O–H groups in total. The fraction of sp³-hybridized carbons (Fsp3) is 0.625. The third-order valence-corrected chi connectivity index (χ3v) is 6.65. The molecular formula is C16H21Cl2NOS. The summed E-state index contributed by atoms with van der Waals surface area (Å²) in [6.07, 6.45) is 3.41. The van der Waals surface area contributed by atoms with Crippen LogP contribution in [0, 0.1) is 5.92 Å². The van der Waals surface area contributed by atoms with Crippen molar-refractivity contribution in [2.75, 3.05) is 25.2 Å². The molecule has 1 aromatic rings. The average Bonchev–Trinajstić information content (AvgIpc) is 2.91. The number of benzene rings is 1. The van der Waals surface area contributed by atoms with Crippen molar-refractivity contribution in [1.29, 1.82) is 0 Å². The molecule has 2 nitrogen and oxygen atoms in total. The molecular weight excluding hydrogens is 325 g/mol. The van der Waals surface area contributed by atoms with Gasteiger partial charge in [-0.15, -0.1) is 0 Å². The van der Waals surface area contributed by atoms with Crippen molar-refractivity contribution in [3.05, 3.63) is 33.8 Å².